The number of ether oxygens (including phenoxy) is 1. The molecule has 49 heavy (non-hydrogen) atoms. The number of aromatic nitrogens is 2. The molecule has 10 nitrogen and oxygen atoms in total. The van der Waals surface area contributed by atoms with E-state index in [9.17, 15) is 14.4 Å². The number of aryl methyl sites for hydroxylation is 2. The number of pyridine rings is 2. The third kappa shape index (κ3) is 10.3. The smallest absolute Gasteiger partial charge is 0.407 e. The predicted octanol–water partition coefficient (Wildman–Crippen LogP) is 5.03. The van der Waals surface area contributed by atoms with E-state index in [4.69, 9.17) is 10.5 Å². The van der Waals surface area contributed by atoms with Gasteiger partial charge >= 0.3 is 6.09 Å². The van der Waals surface area contributed by atoms with Gasteiger partial charge in [0.1, 0.15) is 5.60 Å². The summed E-state index contributed by atoms with van der Waals surface area (Å²) in [5, 5.41) is 5.18. The maximum absolute atomic E-state index is 12.4. The van der Waals surface area contributed by atoms with Crippen molar-refractivity contribution >= 4 is 27.9 Å². The molecule has 10 heteroatoms. The Morgan fingerprint density at radius 2 is 1.14 bits per heavy atom. The number of carbonyl (C=O) groups is 1. The molecule has 6 rings (SSSR count). The molecule has 264 valence electrons. The van der Waals surface area contributed by atoms with Crippen molar-refractivity contribution in [1.82, 2.24) is 24.3 Å². The molecule has 0 radical (unpaired) electrons. The molecule has 2 fully saturated rings. The molecule has 2 saturated heterocycles. The van der Waals surface area contributed by atoms with Crippen LogP contribution in [0.15, 0.2) is 70.3 Å². The van der Waals surface area contributed by atoms with Crippen LogP contribution in [-0.4, -0.2) is 82.0 Å². The van der Waals surface area contributed by atoms with Crippen LogP contribution in [-0.2, 0) is 17.8 Å². The van der Waals surface area contributed by atoms with Crippen LogP contribution in [0.5, 0.6) is 0 Å². The molecule has 1 amide bonds. The first kappa shape index (κ1) is 36.3. The number of carbonyl (C=O) groups excluding carboxylic acids is 1. The van der Waals surface area contributed by atoms with E-state index >= 15 is 0 Å². The van der Waals surface area contributed by atoms with E-state index < -0.39 is 5.60 Å². The molecule has 4 aromatic rings. The summed E-state index contributed by atoms with van der Waals surface area (Å²) in [6.07, 6.45) is 3.56. The van der Waals surface area contributed by atoms with Gasteiger partial charge in [-0.1, -0.05) is 24.3 Å². The number of alkyl carbamates (subject to hydrolysis) is 1. The molecule has 0 spiro atoms. The summed E-state index contributed by atoms with van der Waals surface area (Å²) in [4.78, 5) is 41.3. The van der Waals surface area contributed by atoms with Gasteiger partial charge < -0.3 is 34.7 Å². The van der Waals surface area contributed by atoms with E-state index in [1.165, 1.54) is 5.56 Å². The average Bonchev–Trinajstić information content (AvgIpc) is 3.05. The number of hydrogen-bond acceptors (Lipinski definition) is 7. The quantitative estimate of drug-likeness (QED) is 0.284. The molecular formula is C39H54N6O4. The lowest BCUT2D eigenvalue weighted by Gasteiger charge is -2.33. The summed E-state index contributed by atoms with van der Waals surface area (Å²) in [7, 11) is 0. The van der Waals surface area contributed by atoms with Crippen LogP contribution in [0.3, 0.4) is 0 Å². The highest BCUT2D eigenvalue weighted by atomic mass is 16.6. The molecular weight excluding hydrogens is 616 g/mol. The van der Waals surface area contributed by atoms with Gasteiger partial charge in [0.05, 0.1) is 11.0 Å². The van der Waals surface area contributed by atoms with E-state index in [-0.39, 0.29) is 23.3 Å². The number of nitrogens with one attached hydrogen (secondary N) is 1. The van der Waals surface area contributed by atoms with Crippen LogP contribution in [0.4, 0.5) is 4.79 Å². The van der Waals surface area contributed by atoms with Crippen molar-refractivity contribution in [2.75, 3.05) is 39.3 Å². The highest BCUT2D eigenvalue weighted by molar-refractivity contribution is 5.80. The van der Waals surface area contributed by atoms with E-state index in [1.54, 1.807) is 12.1 Å². The fourth-order valence-corrected chi connectivity index (χ4v) is 6.69. The van der Waals surface area contributed by atoms with E-state index in [0.29, 0.717) is 12.6 Å². The first-order chi connectivity index (χ1) is 23.3. The van der Waals surface area contributed by atoms with Gasteiger partial charge in [0, 0.05) is 63.5 Å². The summed E-state index contributed by atoms with van der Waals surface area (Å²) < 4.78 is 9.10. The van der Waals surface area contributed by atoms with Crippen LogP contribution in [0.1, 0.15) is 57.6 Å². The number of nitrogens with zero attached hydrogens (tertiary/aromatic N) is 4. The zero-order chi connectivity index (χ0) is 35.1. The lowest BCUT2D eigenvalue weighted by Crippen LogP contribution is -2.46. The summed E-state index contributed by atoms with van der Waals surface area (Å²) in [6, 6.07) is 20.1. The van der Waals surface area contributed by atoms with Crippen LogP contribution in [0.25, 0.3) is 21.8 Å². The molecule has 0 saturated carbocycles. The molecule has 2 aliphatic rings. The number of rotatable bonds is 7. The second-order valence-electron chi connectivity index (χ2n) is 14.7. The van der Waals surface area contributed by atoms with E-state index in [0.717, 1.165) is 98.9 Å². The number of nitrogens with two attached hydrogens (primary N) is 1. The molecule has 0 unspecified atom stereocenters. The predicted molar refractivity (Wildman–Crippen MR) is 198 cm³/mol. The summed E-state index contributed by atoms with van der Waals surface area (Å²) in [5.41, 5.74) is 9.96. The standard InChI is InChI=1S/C22H31N3O3.C17H23N3O/c1-16-5-6-17-7-8-20(26)25(19(17)15-16)14-13-24-11-9-18(10-12-24)23-21(27)28-22(2,3)4;1-13-2-3-14-4-5-17(21)20(16(14)12-13)11-10-19-8-6-15(18)7-9-19/h5-8,15,18H,9-14H2,1-4H3,(H,23,27);2-5,12,15H,6-11,18H2,1H3. The maximum atomic E-state index is 12.4. The Labute approximate surface area is 289 Å². The number of fused-ring (bicyclic) bond motifs is 2. The fraction of sp³-hybridized carbons (Fsp3) is 0.513. The van der Waals surface area contributed by atoms with Gasteiger partial charge in [0.15, 0.2) is 0 Å². The molecule has 0 bridgehead atoms. The highest BCUT2D eigenvalue weighted by Crippen LogP contribution is 2.17. The molecule has 2 aliphatic heterocycles. The Bertz CT molecular complexity index is 1840. The molecule has 4 heterocycles. The van der Waals surface area contributed by atoms with Gasteiger partial charge in [0.2, 0.25) is 0 Å². The number of benzene rings is 2. The molecule has 3 N–H and O–H groups in total. The third-order valence-electron chi connectivity index (χ3n) is 9.52. The van der Waals surface area contributed by atoms with Crippen molar-refractivity contribution in [3.05, 3.63) is 92.5 Å². The summed E-state index contributed by atoms with van der Waals surface area (Å²) >= 11 is 0. The zero-order valence-corrected chi connectivity index (χ0v) is 29.9. The average molecular weight is 671 g/mol. The van der Waals surface area contributed by atoms with Gasteiger partial charge in [0.25, 0.3) is 11.1 Å². The lowest BCUT2D eigenvalue weighted by molar-refractivity contribution is 0.0478. The van der Waals surface area contributed by atoms with Gasteiger partial charge in [-0.05, 0) is 120 Å². The zero-order valence-electron chi connectivity index (χ0n) is 29.9. The first-order valence-electron chi connectivity index (χ1n) is 17.7. The minimum absolute atomic E-state index is 0.0413. The van der Waals surface area contributed by atoms with Gasteiger partial charge in [-0.3, -0.25) is 9.59 Å². The summed E-state index contributed by atoms with van der Waals surface area (Å²) in [5.74, 6) is 0. The van der Waals surface area contributed by atoms with Crippen LogP contribution in [0, 0.1) is 13.8 Å². The Balaban J connectivity index is 0.000000199. The Hall–Kier alpha value is -3.99. The number of piperidine rings is 2. The SMILES string of the molecule is Cc1ccc2ccc(=O)n(CCN3CCC(N)CC3)c2c1.Cc1ccc2ccc(=O)n(CCN3CCC(NC(=O)OC(C)(C)C)CC3)c2c1. The van der Waals surface area contributed by atoms with Crippen molar-refractivity contribution in [1.29, 1.82) is 0 Å². The van der Waals surface area contributed by atoms with Gasteiger partial charge in [-0.2, -0.15) is 0 Å². The monoisotopic (exact) mass is 670 g/mol. The fourth-order valence-electron chi connectivity index (χ4n) is 6.69. The van der Waals surface area contributed by atoms with Crippen molar-refractivity contribution in [2.45, 2.75) is 91.1 Å². The minimum Gasteiger partial charge on any atom is -0.444 e. The minimum atomic E-state index is -0.477. The van der Waals surface area contributed by atoms with Gasteiger partial charge in [-0.15, -0.1) is 0 Å². The Morgan fingerprint density at radius 3 is 1.59 bits per heavy atom. The second kappa shape index (κ2) is 16.1. The molecule has 0 aliphatic carbocycles. The van der Waals surface area contributed by atoms with E-state index in [1.807, 2.05) is 49.0 Å². The van der Waals surface area contributed by atoms with Crippen LogP contribution >= 0.6 is 0 Å². The molecule has 0 atom stereocenters. The number of hydrogen-bond donors (Lipinski definition) is 2. The van der Waals surface area contributed by atoms with Crippen molar-refractivity contribution < 1.29 is 9.53 Å². The van der Waals surface area contributed by atoms with Crippen molar-refractivity contribution in [2.24, 2.45) is 5.73 Å². The van der Waals surface area contributed by atoms with Crippen LogP contribution < -0.4 is 22.2 Å². The third-order valence-corrected chi connectivity index (χ3v) is 9.52. The molecule has 2 aromatic heterocycles. The van der Waals surface area contributed by atoms with Crippen LogP contribution in [0.2, 0.25) is 0 Å². The Kier molecular flexibility index (Phi) is 12.0. The number of likely N-dealkylation sites (tertiary alicyclic amines) is 2. The van der Waals surface area contributed by atoms with Crippen molar-refractivity contribution in [3.8, 4) is 0 Å². The largest absolute Gasteiger partial charge is 0.444 e. The lowest BCUT2D eigenvalue weighted by atomic mass is 10.1. The maximum Gasteiger partial charge on any atom is 0.407 e. The highest BCUT2D eigenvalue weighted by Gasteiger charge is 2.23. The van der Waals surface area contributed by atoms with E-state index in [2.05, 4.69) is 58.4 Å². The van der Waals surface area contributed by atoms with Crippen molar-refractivity contribution in [3.63, 3.8) is 0 Å². The topological polar surface area (TPSA) is 115 Å². The van der Waals surface area contributed by atoms with Gasteiger partial charge in [-0.25, -0.2) is 4.79 Å². The second-order valence-corrected chi connectivity index (χ2v) is 14.7. The first-order valence-corrected chi connectivity index (χ1v) is 17.7. The summed E-state index contributed by atoms with van der Waals surface area (Å²) in [6.45, 7) is 16.8. The Morgan fingerprint density at radius 1 is 0.714 bits per heavy atom. The molecule has 2 aromatic carbocycles. The number of amides is 1. The normalized spacial score (nSPS) is 16.8.